The molecule has 2 unspecified atom stereocenters. The van der Waals surface area contributed by atoms with Crippen LogP contribution >= 0.6 is 30.3 Å². The van der Waals surface area contributed by atoms with Crippen molar-refractivity contribution >= 4 is 64.2 Å². The number of hydrogen-bond donors (Lipinski definition) is 4. The van der Waals surface area contributed by atoms with E-state index in [1.165, 1.54) is 18.6 Å². The van der Waals surface area contributed by atoms with Gasteiger partial charge in [0.2, 0.25) is 11.8 Å². The first-order valence-corrected chi connectivity index (χ1v) is 18.8. The zero-order valence-electron chi connectivity index (χ0n) is 28.8. The van der Waals surface area contributed by atoms with Crippen molar-refractivity contribution in [1.29, 1.82) is 0 Å². The van der Waals surface area contributed by atoms with Gasteiger partial charge in [-0.2, -0.15) is 15.1 Å². The highest BCUT2D eigenvalue weighted by Gasteiger charge is 2.55. The van der Waals surface area contributed by atoms with Gasteiger partial charge in [0.1, 0.15) is 47.8 Å². The summed E-state index contributed by atoms with van der Waals surface area (Å²) in [6, 6.07) is 13.7. The van der Waals surface area contributed by atoms with E-state index in [0.717, 1.165) is 17.5 Å². The second kappa shape index (κ2) is 15.4. The first kappa shape index (κ1) is 38.7. The standard InChI is InChI=1S/C34H36F2IN6O9P/c1-17(2)25(30(45)49-15-19-12-13-20(35)14-22(19)36)42-53(47,52-23-11-7-9-18-8-5-6-10-21(18)23)50-16-24-27(44)34(3,46)31(51-24)43-28-26(39-32(43)37)29(48-4)41-33(38)40-28/h5-14,17,24-25,27,31,44,46H,15-16H2,1-4H3,(H,42,47)(H2,38,40,41)/t24-,25+,27-,31?,34-,53?/m1/s1. The molecule has 5 aromatic rings. The molecule has 1 fully saturated rings. The van der Waals surface area contributed by atoms with Crippen molar-refractivity contribution in [2.75, 3.05) is 19.5 Å². The highest BCUT2D eigenvalue weighted by atomic mass is 127. The molecule has 0 bridgehead atoms. The van der Waals surface area contributed by atoms with Crippen LogP contribution < -0.4 is 20.1 Å². The third-order valence-electron chi connectivity index (χ3n) is 8.64. The Morgan fingerprint density at radius 2 is 1.89 bits per heavy atom. The Balaban J connectivity index is 1.29. The van der Waals surface area contributed by atoms with Gasteiger partial charge in [-0.15, -0.1) is 0 Å². The number of anilines is 1. The Morgan fingerprint density at radius 1 is 1.15 bits per heavy atom. The normalized spacial score (nSPS) is 21.9. The van der Waals surface area contributed by atoms with E-state index in [2.05, 4.69) is 20.0 Å². The van der Waals surface area contributed by atoms with E-state index in [0.29, 0.717) is 15.3 Å². The van der Waals surface area contributed by atoms with Gasteiger partial charge in [0.15, 0.2) is 21.2 Å². The zero-order valence-corrected chi connectivity index (χ0v) is 31.8. The fourth-order valence-electron chi connectivity index (χ4n) is 5.83. The highest BCUT2D eigenvalue weighted by Crippen LogP contribution is 2.49. The second-order valence-corrected chi connectivity index (χ2v) is 15.4. The first-order valence-electron chi connectivity index (χ1n) is 16.2. The summed E-state index contributed by atoms with van der Waals surface area (Å²) in [6.07, 6.45) is -4.25. The van der Waals surface area contributed by atoms with Gasteiger partial charge in [-0.05, 0) is 36.4 Å². The molecule has 0 saturated carbocycles. The summed E-state index contributed by atoms with van der Waals surface area (Å²) in [5.74, 6) is -3.10. The van der Waals surface area contributed by atoms with Crippen LogP contribution in [0.2, 0.25) is 0 Å². The number of aliphatic hydroxyl groups excluding tert-OH is 1. The van der Waals surface area contributed by atoms with Crippen LogP contribution in [0.15, 0.2) is 60.7 Å². The summed E-state index contributed by atoms with van der Waals surface area (Å²) in [4.78, 5) is 26.1. The van der Waals surface area contributed by atoms with Gasteiger partial charge in [-0.3, -0.25) is 13.9 Å². The molecule has 3 aromatic carbocycles. The molecule has 1 aliphatic heterocycles. The number of nitrogens with zero attached hydrogens (tertiary/aromatic N) is 4. The SMILES string of the molecule is COc1nc(N)nc2c1nc(I)n2C1O[C@H](COP(=O)(N[C@H](C(=O)OCc2ccc(F)cc2F)C(C)C)Oc2cccc3ccccc23)[C@@H](O)[C@@]1(C)O. The molecule has 19 heteroatoms. The topological polar surface area (TPSA) is 202 Å². The van der Waals surface area contributed by atoms with Gasteiger partial charge in [-0.25, -0.2) is 18.3 Å². The van der Waals surface area contributed by atoms with Crippen molar-refractivity contribution in [2.24, 2.45) is 5.92 Å². The number of carbonyl (C=O) groups excluding carboxylic acids is 1. The number of ether oxygens (including phenoxy) is 3. The van der Waals surface area contributed by atoms with Gasteiger partial charge < -0.3 is 34.7 Å². The molecular formula is C34H36F2IN6O9P. The van der Waals surface area contributed by atoms with E-state index in [4.69, 9.17) is 29.0 Å². The van der Waals surface area contributed by atoms with E-state index in [1.54, 1.807) is 38.1 Å². The average Bonchev–Trinajstić information content (AvgIpc) is 3.55. The highest BCUT2D eigenvalue weighted by molar-refractivity contribution is 14.1. The van der Waals surface area contributed by atoms with E-state index in [9.17, 15) is 28.4 Å². The van der Waals surface area contributed by atoms with Crippen molar-refractivity contribution in [1.82, 2.24) is 24.6 Å². The molecule has 15 nitrogen and oxygen atoms in total. The summed E-state index contributed by atoms with van der Waals surface area (Å²) in [5.41, 5.74) is 4.23. The Morgan fingerprint density at radius 3 is 2.60 bits per heavy atom. The fourth-order valence-corrected chi connectivity index (χ4v) is 8.24. The molecule has 0 spiro atoms. The summed E-state index contributed by atoms with van der Waals surface area (Å²) < 4.78 is 73.0. The number of nitrogen functional groups attached to an aromatic ring is 1. The predicted octanol–water partition coefficient (Wildman–Crippen LogP) is 5.02. The Labute approximate surface area is 315 Å². The van der Waals surface area contributed by atoms with Crippen LogP contribution in [0.25, 0.3) is 21.9 Å². The molecule has 1 aliphatic rings. The van der Waals surface area contributed by atoms with Gasteiger partial charge >= 0.3 is 13.7 Å². The Bertz CT molecular complexity index is 2200. The number of esters is 1. The molecule has 6 rings (SSSR count). The molecule has 0 radical (unpaired) electrons. The summed E-state index contributed by atoms with van der Waals surface area (Å²) in [7, 11) is -3.23. The van der Waals surface area contributed by atoms with E-state index in [-0.39, 0.29) is 34.3 Å². The molecule has 3 heterocycles. The zero-order chi connectivity index (χ0) is 38.2. The molecule has 6 atom stereocenters. The van der Waals surface area contributed by atoms with E-state index >= 15 is 0 Å². The van der Waals surface area contributed by atoms with Crippen LogP contribution in [-0.4, -0.2) is 73.3 Å². The number of imidazole rings is 1. The lowest BCUT2D eigenvalue weighted by Crippen LogP contribution is -2.45. The number of aromatic nitrogens is 4. The fraction of sp³-hybridized carbons (Fsp3) is 0.353. The van der Waals surface area contributed by atoms with Crippen molar-refractivity contribution in [3.8, 4) is 11.6 Å². The minimum Gasteiger partial charge on any atom is -0.479 e. The largest absolute Gasteiger partial charge is 0.479 e. The number of aliphatic hydroxyl groups is 2. The van der Waals surface area contributed by atoms with Gasteiger partial charge in [-0.1, -0.05) is 50.2 Å². The molecule has 53 heavy (non-hydrogen) atoms. The van der Waals surface area contributed by atoms with E-state index in [1.807, 2.05) is 40.8 Å². The number of fused-ring (bicyclic) bond motifs is 2. The van der Waals surface area contributed by atoms with Crippen LogP contribution in [0.5, 0.6) is 11.6 Å². The monoisotopic (exact) mass is 868 g/mol. The van der Waals surface area contributed by atoms with Crippen LogP contribution in [0.3, 0.4) is 0 Å². The lowest BCUT2D eigenvalue weighted by molar-refractivity contribution is -0.148. The van der Waals surface area contributed by atoms with Gasteiger partial charge in [0.05, 0.1) is 13.7 Å². The molecule has 2 aromatic heterocycles. The minimum absolute atomic E-state index is 0.0735. The van der Waals surface area contributed by atoms with Crippen molar-refractivity contribution in [3.63, 3.8) is 0 Å². The first-order chi connectivity index (χ1) is 25.1. The predicted molar refractivity (Wildman–Crippen MR) is 196 cm³/mol. The van der Waals surface area contributed by atoms with Crippen molar-refractivity contribution < 1.29 is 51.6 Å². The van der Waals surface area contributed by atoms with Gasteiger partial charge in [0.25, 0.3) is 0 Å². The number of halogens is 3. The molecule has 1 saturated heterocycles. The number of rotatable bonds is 13. The second-order valence-electron chi connectivity index (χ2n) is 12.8. The number of nitrogens with two attached hydrogens (primary N) is 1. The number of carbonyl (C=O) groups is 1. The minimum atomic E-state index is -4.61. The average molecular weight is 869 g/mol. The lowest BCUT2D eigenvalue weighted by Gasteiger charge is -2.28. The molecule has 282 valence electrons. The molecule has 0 aliphatic carbocycles. The van der Waals surface area contributed by atoms with Crippen LogP contribution in [0.4, 0.5) is 14.7 Å². The Kier molecular flexibility index (Phi) is 11.2. The summed E-state index contributed by atoms with van der Waals surface area (Å²) in [5, 5.41) is 27.0. The third-order valence-corrected chi connectivity index (χ3v) is 10.9. The summed E-state index contributed by atoms with van der Waals surface area (Å²) in [6.45, 7) is 3.48. The molecular weight excluding hydrogens is 832 g/mol. The third kappa shape index (κ3) is 7.94. The van der Waals surface area contributed by atoms with Crippen LogP contribution in [0, 0.1) is 21.4 Å². The van der Waals surface area contributed by atoms with Crippen molar-refractivity contribution in [2.45, 2.75) is 57.5 Å². The maximum Gasteiger partial charge on any atom is 0.459 e. The molecule has 5 N–H and O–H groups in total. The maximum atomic E-state index is 14.8. The quantitative estimate of drug-likeness (QED) is 0.0532. The van der Waals surface area contributed by atoms with Crippen LogP contribution in [0.1, 0.15) is 32.6 Å². The smallest absolute Gasteiger partial charge is 0.459 e. The molecule has 0 amide bonds. The lowest BCUT2D eigenvalue weighted by atomic mass is 9.96. The van der Waals surface area contributed by atoms with Gasteiger partial charge in [0, 0.05) is 39.6 Å². The van der Waals surface area contributed by atoms with E-state index < -0.39 is 74.6 Å². The number of hydrogen-bond acceptors (Lipinski definition) is 13. The van der Waals surface area contributed by atoms with Crippen LogP contribution in [-0.2, 0) is 30.0 Å². The van der Waals surface area contributed by atoms with Crippen molar-refractivity contribution in [3.05, 3.63) is 81.7 Å². The number of benzene rings is 3. The number of methoxy groups -OCH3 is 1. The number of nitrogens with one attached hydrogen (secondary N) is 1. The Hall–Kier alpha value is -4.04. The summed E-state index contributed by atoms with van der Waals surface area (Å²) >= 11 is 1.90. The maximum absolute atomic E-state index is 14.8.